The van der Waals surface area contributed by atoms with Crippen LogP contribution in [0.5, 0.6) is 5.88 Å². The van der Waals surface area contributed by atoms with Crippen LogP contribution in [0, 0.1) is 0 Å². The molecule has 0 spiro atoms. The van der Waals surface area contributed by atoms with E-state index in [2.05, 4.69) is 15.2 Å². The maximum absolute atomic E-state index is 10.6. The zero-order valence-electron chi connectivity index (χ0n) is 14.3. The Balaban J connectivity index is 1.77. The van der Waals surface area contributed by atoms with Crippen molar-refractivity contribution in [2.75, 3.05) is 0 Å². The zero-order valence-corrected chi connectivity index (χ0v) is 14.3. The molecule has 0 fully saturated rings. The van der Waals surface area contributed by atoms with Crippen LogP contribution in [-0.2, 0) is 0 Å². The van der Waals surface area contributed by atoms with Gasteiger partial charge in [-0.25, -0.2) is 4.99 Å². The second kappa shape index (κ2) is 6.14. The van der Waals surface area contributed by atoms with Crippen molar-refractivity contribution in [2.45, 2.75) is 0 Å². The van der Waals surface area contributed by atoms with Crippen molar-refractivity contribution in [2.24, 2.45) is 4.99 Å². The molecule has 0 aliphatic carbocycles. The van der Waals surface area contributed by atoms with Crippen LogP contribution in [0.4, 0.5) is 5.69 Å². The molecule has 0 aliphatic heterocycles. The lowest BCUT2D eigenvalue weighted by Gasteiger charge is -2.08. The first-order chi connectivity index (χ1) is 13.3. The molecule has 130 valence electrons. The Kier molecular flexibility index (Phi) is 3.50. The number of nitrogens with one attached hydrogen (secondary N) is 2. The minimum atomic E-state index is 0.114. The highest BCUT2D eigenvalue weighted by atomic mass is 16.3. The largest absolute Gasteiger partial charge is 0.494 e. The second-order valence-electron chi connectivity index (χ2n) is 6.36. The van der Waals surface area contributed by atoms with E-state index in [-0.39, 0.29) is 5.88 Å². The summed E-state index contributed by atoms with van der Waals surface area (Å²) in [7, 11) is 0. The van der Waals surface area contributed by atoms with Gasteiger partial charge in [0.1, 0.15) is 0 Å². The van der Waals surface area contributed by atoms with Gasteiger partial charge < -0.3 is 10.1 Å². The summed E-state index contributed by atoms with van der Waals surface area (Å²) in [6.45, 7) is 0. The normalized spacial score (nSPS) is 12.1. The second-order valence-corrected chi connectivity index (χ2v) is 6.36. The Morgan fingerprint density at radius 2 is 1.70 bits per heavy atom. The quantitative estimate of drug-likeness (QED) is 0.403. The molecule has 2 aromatic heterocycles. The standard InChI is InChI=1S/C22H16N4O/c27-22-20(17-8-4-5-9-19(17)25-22)21(14-6-2-1-3-7-14)24-16-10-11-18-15(12-16)13-23-26-18/h1-13,25,27H,(H,23,26). The lowest BCUT2D eigenvalue weighted by molar-refractivity contribution is 0.457. The number of H-pyrrole nitrogens is 2. The van der Waals surface area contributed by atoms with Gasteiger partial charge in [0.15, 0.2) is 5.88 Å². The van der Waals surface area contributed by atoms with Gasteiger partial charge in [0.25, 0.3) is 0 Å². The van der Waals surface area contributed by atoms with Gasteiger partial charge >= 0.3 is 0 Å². The molecule has 0 unspecified atom stereocenters. The van der Waals surface area contributed by atoms with Gasteiger partial charge in [0.2, 0.25) is 0 Å². The minimum Gasteiger partial charge on any atom is -0.494 e. The molecule has 5 nitrogen and oxygen atoms in total. The lowest BCUT2D eigenvalue weighted by atomic mass is 10.0. The molecule has 5 rings (SSSR count). The molecule has 2 heterocycles. The first-order valence-corrected chi connectivity index (χ1v) is 8.67. The smallest absolute Gasteiger partial charge is 0.199 e. The molecule has 0 saturated carbocycles. The van der Waals surface area contributed by atoms with Crippen molar-refractivity contribution >= 4 is 33.2 Å². The molecule has 0 atom stereocenters. The SMILES string of the molecule is Oc1[nH]c2ccccc2c1C(=Nc1ccc2[nH]ncc2c1)c1ccccc1. The monoisotopic (exact) mass is 352 g/mol. The summed E-state index contributed by atoms with van der Waals surface area (Å²) >= 11 is 0. The maximum Gasteiger partial charge on any atom is 0.199 e. The summed E-state index contributed by atoms with van der Waals surface area (Å²) in [5, 5.41) is 19.6. The number of benzene rings is 3. The third kappa shape index (κ3) is 2.66. The number of aromatic amines is 2. The number of nitrogens with zero attached hydrogens (tertiary/aromatic N) is 2. The van der Waals surface area contributed by atoms with Crippen molar-refractivity contribution in [1.29, 1.82) is 0 Å². The number of rotatable bonds is 3. The van der Waals surface area contributed by atoms with Gasteiger partial charge in [-0.3, -0.25) is 5.10 Å². The number of hydrogen-bond acceptors (Lipinski definition) is 3. The molecule has 0 aliphatic rings. The summed E-state index contributed by atoms with van der Waals surface area (Å²) in [4.78, 5) is 7.96. The van der Waals surface area contributed by atoms with E-state index in [0.29, 0.717) is 11.3 Å². The Morgan fingerprint density at radius 3 is 2.59 bits per heavy atom. The van der Waals surface area contributed by atoms with E-state index >= 15 is 0 Å². The van der Waals surface area contributed by atoms with Crippen molar-refractivity contribution in [3.8, 4) is 5.88 Å². The molecular weight excluding hydrogens is 336 g/mol. The van der Waals surface area contributed by atoms with Crippen LogP contribution in [0.1, 0.15) is 11.1 Å². The molecule has 0 amide bonds. The summed E-state index contributed by atoms with van der Waals surface area (Å²) in [6.07, 6.45) is 1.78. The van der Waals surface area contributed by atoms with E-state index in [1.54, 1.807) is 6.20 Å². The number of aromatic nitrogens is 3. The van der Waals surface area contributed by atoms with Crippen LogP contribution >= 0.6 is 0 Å². The molecule has 5 heteroatoms. The van der Waals surface area contributed by atoms with Crippen LogP contribution in [0.25, 0.3) is 21.8 Å². The van der Waals surface area contributed by atoms with Gasteiger partial charge in [-0.2, -0.15) is 5.10 Å². The van der Waals surface area contributed by atoms with Gasteiger partial charge in [-0.15, -0.1) is 0 Å². The summed E-state index contributed by atoms with van der Waals surface area (Å²) in [6, 6.07) is 23.6. The van der Waals surface area contributed by atoms with Gasteiger partial charge in [-0.1, -0.05) is 48.5 Å². The fourth-order valence-electron chi connectivity index (χ4n) is 3.36. The van der Waals surface area contributed by atoms with Crippen molar-refractivity contribution in [1.82, 2.24) is 15.2 Å². The molecule has 0 radical (unpaired) electrons. The van der Waals surface area contributed by atoms with Crippen molar-refractivity contribution in [3.63, 3.8) is 0 Å². The minimum absolute atomic E-state index is 0.114. The van der Waals surface area contributed by atoms with Gasteiger partial charge in [-0.05, 0) is 24.3 Å². The van der Waals surface area contributed by atoms with Gasteiger partial charge in [0.05, 0.1) is 28.7 Å². The number of aromatic hydroxyl groups is 1. The molecule has 3 N–H and O–H groups in total. The highest BCUT2D eigenvalue weighted by Gasteiger charge is 2.18. The fraction of sp³-hybridized carbons (Fsp3) is 0. The third-order valence-corrected chi connectivity index (χ3v) is 4.63. The van der Waals surface area contributed by atoms with Crippen LogP contribution in [-0.4, -0.2) is 26.0 Å². The third-order valence-electron chi connectivity index (χ3n) is 4.63. The Hall–Kier alpha value is -3.86. The van der Waals surface area contributed by atoms with Crippen LogP contribution in [0.15, 0.2) is 84.0 Å². The average molecular weight is 352 g/mol. The summed E-state index contributed by atoms with van der Waals surface area (Å²) in [5.74, 6) is 0.114. The first-order valence-electron chi connectivity index (χ1n) is 8.67. The van der Waals surface area contributed by atoms with E-state index in [4.69, 9.17) is 4.99 Å². The maximum atomic E-state index is 10.6. The van der Waals surface area contributed by atoms with E-state index in [1.165, 1.54) is 0 Å². The topological polar surface area (TPSA) is 77.1 Å². The molecule has 27 heavy (non-hydrogen) atoms. The molecule has 0 bridgehead atoms. The number of para-hydroxylation sites is 1. The first kappa shape index (κ1) is 15.4. The Bertz CT molecular complexity index is 1280. The summed E-state index contributed by atoms with van der Waals surface area (Å²) in [5.41, 5.74) is 4.99. The molecule has 0 saturated heterocycles. The van der Waals surface area contributed by atoms with Crippen LogP contribution in [0.2, 0.25) is 0 Å². The predicted octanol–water partition coefficient (Wildman–Crippen LogP) is 4.92. The van der Waals surface area contributed by atoms with E-state index < -0.39 is 0 Å². The van der Waals surface area contributed by atoms with E-state index in [9.17, 15) is 5.11 Å². The van der Waals surface area contributed by atoms with Crippen molar-refractivity contribution in [3.05, 3.63) is 90.1 Å². The Morgan fingerprint density at radius 1 is 0.889 bits per heavy atom. The highest BCUT2D eigenvalue weighted by molar-refractivity contribution is 6.21. The lowest BCUT2D eigenvalue weighted by Crippen LogP contribution is -2.02. The molecule has 5 aromatic rings. The van der Waals surface area contributed by atoms with Crippen LogP contribution < -0.4 is 0 Å². The number of aliphatic imine (C=N–C) groups is 1. The zero-order chi connectivity index (χ0) is 18.2. The van der Waals surface area contributed by atoms with E-state index in [0.717, 1.165) is 33.1 Å². The van der Waals surface area contributed by atoms with E-state index in [1.807, 2.05) is 72.8 Å². The highest BCUT2D eigenvalue weighted by Crippen LogP contribution is 2.31. The van der Waals surface area contributed by atoms with Gasteiger partial charge in [0, 0.05) is 21.9 Å². The van der Waals surface area contributed by atoms with Crippen molar-refractivity contribution < 1.29 is 5.11 Å². The Labute approximate surface area is 155 Å². The van der Waals surface area contributed by atoms with Crippen LogP contribution in [0.3, 0.4) is 0 Å². The molecular formula is C22H16N4O. The molecule has 3 aromatic carbocycles. The average Bonchev–Trinajstić information content (AvgIpc) is 3.30. The fourth-order valence-corrected chi connectivity index (χ4v) is 3.36. The number of hydrogen-bond donors (Lipinski definition) is 3. The number of fused-ring (bicyclic) bond motifs is 2. The predicted molar refractivity (Wildman–Crippen MR) is 108 cm³/mol. The summed E-state index contributed by atoms with van der Waals surface area (Å²) < 4.78 is 0.